The van der Waals surface area contributed by atoms with Gasteiger partial charge in [-0.3, -0.25) is 9.69 Å². The minimum atomic E-state index is 0.270. The van der Waals surface area contributed by atoms with Gasteiger partial charge in [-0.1, -0.05) is 0 Å². The predicted molar refractivity (Wildman–Crippen MR) is 97.2 cm³/mol. The van der Waals surface area contributed by atoms with Crippen molar-refractivity contribution in [1.82, 2.24) is 14.7 Å². The molecule has 0 N–H and O–H groups in total. The molecular weight excluding hydrogens is 314 g/mol. The van der Waals surface area contributed by atoms with E-state index in [4.69, 9.17) is 4.42 Å². The van der Waals surface area contributed by atoms with Crippen LogP contribution in [-0.4, -0.2) is 65.4 Å². The van der Waals surface area contributed by atoms with E-state index in [1.165, 1.54) is 25.9 Å². The first-order chi connectivity index (χ1) is 12.1. The molecule has 0 bridgehead atoms. The van der Waals surface area contributed by atoms with Crippen LogP contribution >= 0.6 is 0 Å². The maximum Gasteiger partial charge on any atom is 0.219 e. The number of amides is 1. The van der Waals surface area contributed by atoms with E-state index >= 15 is 0 Å². The molecule has 0 aromatic carbocycles. The fourth-order valence-corrected chi connectivity index (χ4v) is 5.28. The van der Waals surface area contributed by atoms with Gasteiger partial charge in [0.25, 0.3) is 0 Å². The zero-order valence-electron chi connectivity index (χ0n) is 15.6. The second kappa shape index (κ2) is 7.12. The second-order valence-electron chi connectivity index (χ2n) is 8.19. The molecule has 3 atom stereocenters. The van der Waals surface area contributed by atoms with E-state index in [1.807, 2.05) is 13.0 Å². The lowest BCUT2D eigenvalue weighted by Crippen LogP contribution is -2.49. The van der Waals surface area contributed by atoms with Crippen molar-refractivity contribution < 1.29 is 9.21 Å². The van der Waals surface area contributed by atoms with Gasteiger partial charge in [0.2, 0.25) is 5.91 Å². The Kier molecular flexibility index (Phi) is 4.87. The van der Waals surface area contributed by atoms with Gasteiger partial charge < -0.3 is 14.2 Å². The lowest BCUT2D eigenvalue weighted by molar-refractivity contribution is -0.133. The topological polar surface area (TPSA) is 39.9 Å². The largest absolute Gasteiger partial charge is 0.465 e. The summed E-state index contributed by atoms with van der Waals surface area (Å²) in [4.78, 5) is 19.6. The van der Waals surface area contributed by atoms with E-state index in [0.29, 0.717) is 18.0 Å². The Balaban J connectivity index is 1.40. The first-order valence-electron chi connectivity index (χ1n) is 9.89. The Morgan fingerprint density at radius 3 is 2.68 bits per heavy atom. The third-order valence-corrected chi connectivity index (χ3v) is 6.31. The summed E-state index contributed by atoms with van der Waals surface area (Å²) in [5, 5.41) is 0. The fraction of sp³-hybridized carbons (Fsp3) is 0.750. The van der Waals surface area contributed by atoms with Crippen molar-refractivity contribution in [3.63, 3.8) is 0 Å². The maximum absolute atomic E-state index is 12.3. The quantitative estimate of drug-likeness (QED) is 0.841. The average molecular weight is 345 g/mol. The van der Waals surface area contributed by atoms with Crippen LogP contribution in [0.3, 0.4) is 0 Å². The smallest absolute Gasteiger partial charge is 0.219 e. The van der Waals surface area contributed by atoms with Crippen LogP contribution in [0.25, 0.3) is 0 Å². The minimum Gasteiger partial charge on any atom is -0.465 e. The molecule has 5 heteroatoms. The van der Waals surface area contributed by atoms with Crippen molar-refractivity contribution in [3.8, 4) is 0 Å². The molecule has 1 aromatic rings. The lowest BCUT2D eigenvalue weighted by atomic mass is 9.92. The van der Waals surface area contributed by atoms with Crippen LogP contribution in [-0.2, 0) is 11.3 Å². The molecule has 3 aliphatic rings. The Morgan fingerprint density at radius 2 is 2.00 bits per heavy atom. The number of fused-ring (bicyclic) bond motifs is 1. The van der Waals surface area contributed by atoms with E-state index < -0.39 is 0 Å². The summed E-state index contributed by atoms with van der Waals surface area (Å²) in [5.74, 6) is 2.93. The monoisotopic (exact) mass is 345 g/mol. The highest BCUT2D eigenvalue weighted by Crippen LogP contribution is 2.37. The van der Waals surface area contributed by atoms with Gasteiger partial charge in [0.1, 0.15) is 11.5 Å². The third-order valence-electron chi connectivity index (χ3n) is 6.31. The molecule has 3 fully saturated rings. The number of rotatable bonds is 4. The molecule has 138 valence electrons. The molecule has 0 saturated carbocycles. The van der Waals surface area contributed by atoms with Gasteiger partial charge >= 0.3 is 0 Å². The number of furan rings is 1. The second-order valence-corrected chi connectivity index (χ2v) is 8.19. The first-order valence-corrected chi connectivity index (χ1v) is 9.89. The molecule has 4 heterocycles. The van der Waals surface area contributed by atoms with E-state index in [9.17, 15) is 4.79 Å². The van der Waals surface area contributed by atoms with Crippen molar-refractivity contribution >= 4 is 5.91 Å². The summed E-state index contributed by atoms with van der Waals surface area (Å²) in [6, 6.07) is 4.99. The number of nitrogens with zero attached hydrogens (tertiary/aromatic N) is 3. The van der Waals surface area contributed by atoms with Gasteiger partial charge in [-0.2, -0.15) is 0 Å². The molecule has 0 radical (unpaired) electrons. The molecule has 3 aliphatic heterocycles. The number of carbonyl (C=O) groups excluding carboxylic acids is 1. The van der Waals surface area contributed by atoms with Crippen molar-refractivity contribution in [3.05, 3.63) is 23.7 Å². The SMILES string of the molecule is CC(=O)N1[C@H](CN2CCCC2)C[C@H]2CN(Cc3ccc(C)o3)CC[C@H]21. The molecule has 0 aliphatic carbocycles. The van der Waals surface area contributed by atoms with Gasteiger partial charge in [0.05, 0.1) is 6.54 Å². The number of hydrogen-bond donors (Lipinski definition) is 0. The van der Waals surface area contributed by atoms with Crippen LogP contribution < -0.4 is 0 Å². The van der Waals surface area contributed by atoms with Gasteiger partial charge in [0.15, 0.2) is 0 Å². The van der Waals surface area contributed by atoms with Crippen LogP contribution in [0.2, 0.25) is 0 Å². The van der Waals surface area contributed by atoms with Crippen LogP contribution in [0.4, 0.5) is 0 Å². The third kappa shape index (κ3) is 3.63. The number of likely N-dealkylation sites (tertiary alicyclic amines) is 3. The first kappa shape index (κ1) is 17.1. The number of carbonyl (C=O) groups is 1. The van der Waals surface area contributed by atoms with Gasteiger partial charge in [-0.05, 0) is 63.7 Å². The van der Waals surface area contributed by atoms with E-state index in [2.05, 4.69) is 20.8 Å². The van der Waals surface area contributed by atoms with Crippen LogP contribution in [0.5, 0.6) is 0 Å². The zero-order chi connectivity index (χ0) is 17.4. The minimum absolute atomic E-state index is 0.270. The summed E-state index contributed by atoms with van der Waals surface area (Å²) >= 11 is 0. The molecule has 0 spiro atoms. The Labute approximate surface area is 150 Å². The van der Waals surface area contributed by atoms with Gasteiger partial charge in [-0.25, -0.2) is 0 Å². The highest BCUT2D eigenvalue weighted by atomic mass is 16.3. The highest BCUT2D eigenvalue weighted by Gasteiger charge is 2.45. The van der Waals surface area contributed by atoms with Crippen LogP contribution in [0.1, 0.15) is 44.1 Å². The van der Waals surface area contributed by atoms with Crippen LogP contribution in [0, 0.1) is 12.8 Å². The summed E-state index contributed by atoms with van der Waals surface area (Å²) in [7, 11) is 0. The lowest BCUT2D eigenvalue weighted by Gasteiger charge is -2.38. The standard InChI is InChI=1S/C20H31N3O2/c1-15-5-6-19(25-15)14-22-10-7-20-17(12-22)11-18(23(20)16(2)24)13-21-8-3-4-9-21/h5-6,17-18,20H,3-4,7-14H2,1-2H3/t17-,18-,20+/m0/s1. The molecule has 1 amide bonds. The van der Waals surface area contributed by atoms with E-state index in [-0.39, 0.29) is 5.91 Å². The summed E-state index contributed by atoms with van der Waals surface area (Å²) < 4.78 is 5.75. The Bertz CT molecular complexity index is 608. The van der Waals surface area contributed by atoms with Crippen molar-refractivity contribution in [2.45, 2.75) is 58.2 Å². The summed E-state index contributed by atoms with van der Waals surface area (Å²) in [5.41, 5.74) is 0. The molecule has 5 nitrogen and oxygen atoms in total. The molecule has 1 aromatic heterocycles. The molecular formula is C20H31N3O2. The summed E-state index contributed by atoms with van der Waals surface area (Å²) in [6.45, 7) is 10.3. The van der Waals surface area contributed by atoms with Crippen molar-refractivity contribution in [2.75, 3.05) is 32.7 Å². The molecule has 4 rings (SSSR count). The number of piperidine rings is 1. The predicted octanol–water partition coefficient (Wildman–Crippen LogP) is 2.50. The highest BCUT2D eigenvalue weighted by molar-refractivity contribution is 5.74. The van der Waals surface area contributed by atoms with Crippen molar-refractivity contribution in [2.24, 2.45) is 5.92 Å². The summed E-state index contributed by atoms with van der Waals surface area (Å²) in [6.07, 6.45) is 4.89. The maximum atomic E-state index is 12.3. The fourth-order valence-electron chi connectivity index (χ4n) is 5.28. The molecule has 3 saturated heterocycles. The molecule has 25 heavy (non-hydrogen) atoms. The van der Waals surface area contributed by atoms with Crippen molar-refractivity contribution in [1.29, 1.82) is 0 Å². The molecule has 0 unspecified atom stereocenters. The Morgan fingerprint density at radius 1 is 1.20 bits per heavy atom. The normalized spacial score (nSPS) is 30.8. The van der Waals surface area contributed by atoms with Crippen LogP contribution in [0.15, 0.2) is 16.5 Å². The van der Waals surface area contributed by atoms with E-state index in [0.717, 1.165) is 50.5 Å². The average Bonchev–Trinajstić information content (AvgIpc) is 3.27. The zero-order valence-corrected chi connectivity index (χ0v) is 15.6. The van der Waals surface area contributed by atoms with Gasteiger partial charge in [0, 0.05) is 38.6 Å². The van der Waals surface area contributed by atoms with Gasteiger partial charge in [-0.15, -0.1) is 0 Å². The Hall–Kier alpha value is -1.33. The number of aryl methyl sites for hydroxylation is 1. The number of hydrogen-bond acceptors (Lipinski definition) is 4. The van der Waals surface area contributed by atoms with E-state index in [1.54, 1.807) is 6.92 Å².